The summed E-state index contributed by atoms with van der Waals surface area (Å²) in [6, 6.07) is 1.97. The van der Waals surface area contributed by atoms with Crippen LogP contribution in [0, 0.1) is 0 Å². The van der Waals surface area contributed by atoms with Crippen molar-refractivity contribution in [2.24, 2.45) is 0 Å². The zero-order valence-corrected chi connectivity index (χ0v) is 11.8. The minimum absolute atomic E-state index is 0.00327. The van der Waals surface area contributed by atoms with Crippen LogP contribution >= 0.6 is 0 Å². The van der Waals surface area contributed by atoms with Crippen molar-refractivity contribution in [1.29, 1.82) is 0 Å². The molecule has 0 aliphatic rings. The second-order valence-electron chi connectivity index (χ2n) is 5.60. The predicted octanol–water partition coefficient (Wildman–Crippen LogP) is 1.80. The summed E-state index contributed by atoms with van der Waals surface area (Å²) in [6.07, 6.45) is 2.97. The van der Waals surface area contributed by atoms with Gasteiger partial charge in [0.1, 0.15) is 11.6 Å². The van der Waals surface area contributed by atoms with Gasteiger partial charge in [0.15, 0.2) is 15.5 Å². The Bertz CT molecular complexity index is 681. The van der Waals surface area contributed by atoms with E-state index < -0.39 is 9.84 Å². The fraction of sp³-hybridized carbons (Fsp3) is 0.500. The number of imidazole rings is 1. The number of fused-ring (bicyclic) bond motifs is 1. The van der Waals surface area contributed by atoms with Crippen LogP contribution in [0.4, 0.5) is 0 Å². The van der Waals surface area contributed by atoms with Crippen molar-refractivity contribution < 1.29 is 8.42 Å². The molecule has 0 fully saturated rings. The fourth-order valence-corrected chi connectivity index (χ4v) is 2.31. The number of rotatable bonds is 2. The highest BCUT2D eigenvalue weighted by Gasteiger charge is 2.16. The first-order chi connectivity index (χ1) is 8.15. The van der Waals surface area contributed by atoms with Gasteiger partial charge in [-0.1, -0.05) is 20.8 Å². The Morgan fingerprint density at radius 2 is 2.00 bits per heavy atom. The van der Waals surface area contributed by atoms with Crippen molar-refractivity contribution in [3.8, 4) is 0 Å². The Hall–Kier alpha value is -1.43. The minimum atomic E-state index is -3.08. The van der Waals surface area contributed by atoms with Crippen molar-refractivity contribution in [1.82, 2.24) is 15.0 Å². The summed E-state index contributed by atoms with van der Waals surface area (Å²) >= 11 is 0. The first-order valence-corrected chi connectivity index (χ1v) is 7.74. The molecule has 2 aromatic heterocycles. The maximum Gasteiger partial charge on any atom is 0.177 e. The third-order valence-electron chi connectivity index (χ3n) is 2.65. The van der Waals surface area contributed by atoms with Crippen LogP contribution in [-0.2, 0) is 21.0 Å². The lowest BCUT2D eigenvalue weighted by atomic mass is 9.88. The van der Waals surface area contributed by atoms with Crippen LogP contribution in [0.1, 0.15) is 32.2 Å². The molecule has 5 nitrogen and oxygen atoms in total. The molecule has 0 aliphatic heterocycles. The fourth-order valence-electron chi connectivity index (χ4n) is 1.68. The normalized spacial score (nSPS) is 13.1. The third-order valence-corrected chi connectivity index (χ3v) is 3.45. The van der Waals surface area contributed by atoms with Gasteiger partial charge in [0, 0.05) is 12.5 Å². The van der Waals surface area contributed by atoms with Gasteiger partial charge in [-0.3, -0.25) is 0 Å². The summed E-state index contributed by atoms with van der Waals surface area (Å²) in [5.41, 5.74) is 2.43. The molecule has 0 saturated heterocycles. The molecule has 2 heterocycles. The molecule has 2 aromatic rings. The highest BCUT2D eigenvalue weighted by Crippen LogP contribution is 2.23. The summed E-state index contributed by atoms with van der Waals surface area (Å²) in [4.78, 5) is 11.4. The van der Waals surface area contributed by atoms with Gasteiger partial charge < -0.3 is 4.98 Å². The first kappa shape index (κ1) is 13.0. The highest BCUT2D eigenvalue weighted by atomic mass is 32.2. The van der Waals surface area contributed by atoms with Crippen molar-refractivity contribution in [2.75, 3.05) is 6.26 Å². The Balaban J connectivity index is 2.46. The van der Waals surface area contributed by atoms with E-state index in [0.717, 1.165) is 11.1 Å². The van der Waals surface area contributed by atoms with Gasteiger partial charge in [0.05, 0.1) is 5.52 Å². The van der Waals surface area contributed by atoms with Gasteiger partial charge in [0.2, 0.25) is 0 Å². The Morgan fingerprint density at radius 3 is 2.56 bits per heavy atom. The average Bonchev–Trinajstić information content (AvgIpc) is 2.53. The SMILES string of the molecule is CC(C)(C)c1cnc2nc(CS(C)(=O)=O)[nH]c2c1. The van der Waals surface area contributed by atoms with E-state index in [4.69, 9.17) is 0 Å². The Kier molecular flexibility index (Phi) is 2.93. The third kappa shape index (κ3) is 2.87. The molecule has 0 bridgehead atoms. The predicted molar refractivity (Wildman–Crippen MR) is 71.1 cm³/mol. The standard InChI is InChI=1S/C12H17N3O2S/c1-12(2,3)8-5-9-11(13-6-8)15-10(14-9)7-18(4,16)17/h5-6H,7H2,1-4H3,(H,13,14,15). The molecule has 0 radical (unpaired) electrons. The number of pyridine rings is 1. The van der Waals surface area contributed by atoms with Crippen LogP contribution in [-0.4, -0.2) is 29.6 Å². The molecule has 6 heteroatoms. The monoisotopic (exact) mass is 267 g/mol. The van der Waals surface area contributed by atoms with E-state index in [0.29, 0.717) is 11.5 Å². The van der Waals surface area contributed by atoms with E-state index in [9.17, 15) is 8.42 Å². The topological polar surface area (TPSA) is 75.7 Å². The van der Waals surface area contributed by atoms with Crippen molar-refractivity contribution in [3.63, 3.8) is 0 Å². The smallest absolute Gasteiger partial charge is 0.177 e. The molecule has 2 rings (SSSR count). The molecule has 0 saturated carbocycles. The van der Waals surface area contributed by atoms with E-state index in [-0.39, 0.29) is 11.2 Å². The largest absolute Gasteiger partial charge is 0.340 e. The molecule has 0 spiro atoms. The van der Waals surface area contributed by atoms with Crippen molar-refractivity contribution >= 4 is 21.0 Å². The molecule has 18 heavy (non-hydrogen) atoms. The van der Waals surface area contributed by atoms with E-state index >= 15 is 0 Å². The van der Waals surface area contributed by atoms with Crippen LogP contribution in [0.15, 0.2) is 12.3 Å². The molecule has 0 aromatic carbocycles. The minimum Gasteiger partial charge on any atom is -0.340 e. The van der Waals surface area contributed by atoms with Crippen LogP contribution in [0.25, 0.3) is 11.2 Å². The van der Waals surface area contributed by atoms with Crippen LogP contribution in [0.5, 0.6) is 0 Å². The molecule has 0 unspecified atom stereocenters. The summed E-state index contributed by atoms with van der Waals surface area (Å²) in [5, 5.41) is 0. The van der Waals surface area contributed by atoms with E-state index in [1.54, 1.807) is 6.20 Å². The summed E-state index contributed by atoms with van der Waals surface area (Å²) in [5.74, 6) is 0.347. The number of aromatic nitrogens is 3. The van der Waals surface area contributed by atoms with E-state index in [1.807, 2.05) is 6.07 Å². The molecular weight excluding hydrogens is 250 g/mol. The second kappa shape index (κ2) is 4.05. The molecular formula is C12H17N3O2S. The first-order valence-electron chi connectivity index (χ1n) is 5.68. The van der Waals surface area contributed by atoms with Crippen molar-refractivity contribution in [2.45, 2.75) is 31.9 Å². The molecule has 1 N–H and O–H groups in total. The number of nitrogens with one attached hydrogen (secondary N) is 1. The second-order valence-corrected chi connectivity index (χ2v) is 7.74. The zero-order chi connectivity index (χ0) is 13.6. The van der Waals surface area contributed by atoms with Gasteiger partial charge in [-0.2, -0.15) is 0 Å². The number of aromatic amines is 1. The summed E-state index contributed by atoms with van der Waals surface area (Å²) in [7, 11) is -3.08. The highest BCUT2D eigenvalue weighted by molar-refractivity contribution is 7.89. The maximum atomic E-state index is 11.2. The lowest BCUT2D eigenvalue weighted by Crippen LogP contribution is -2.11. The molecule has 98 valence electrons. The van der Waals surface area contributed by atoms with Gasteiger partial charge >= 0.3 is 0 Å². The number of hydrogen-bond acceptors (Lipinski definition) is 4. The summed E-state index contributed by atoms with van der Waals surface area (Å²) in [6.45, 7) is 6.30. The van der Waals surface area contributed by atoms with E-state index in [1.165, 1.54) is 6.26 Å². The lowest BCUT2D eigenvalue weighted by molar-refractivity contribution is 0.588. The number of hydrogen-bond donors (Lipinski definition) is 1. The van der Waals surface area contributed by atoms with Gasteiger partial charge in [-0.05, 0) is 17.0 Å². The molecule has 0 atom stereocenters. The quantitative estimate of drug-likeness (QED) is 0.900. The Labute approximate surface area is 107 Å². The maximum absolute atomic E-state index is 11.2. The van der Waals surface area contributed by atoms with Crippen LogP contribution < -0.4 is 0 Å². The van der Waals surface area contributed by atoms with E-state index in [2.05, 4.69) is 35.7 Å². The van der Waals surface area contributed by atoms with Gasteiger partial charge in [-0.15, -0.1) is 0 Å². The van der Waals surface area contributed by atoms with Gasteiger partial charge in [-0.25, -0.2) is 18.4 Å². The summed E-state index contributed by atoms with van der Waals surface area (Å²) < 4.78 is 22.4. The number of nitrogens with zero attached hydrogens (tertiary/aromatic N) is 2. The number of H-pyrrole nitrogens is 1. The average molecular weight is 267 g/mol. The van der Waals surface area contributed by atoms with Gasteiger partial charge in [0.25, 0.3) is 0 Å². The Morgan fingerprint density at radius 1 is 1.33 bits per heavy atom. The zero-order valence-electron chi connectivity index (χ0n) is 11.0. The number of sulfone groups is 1. The van der Waals surface area contributed by atoms with Crippen molar-refractivity contribution in [3.05, 3.63) is 23.7 Å². The lowest BCUT2D eigenvalue weighted by Gasteiger charge is -2.17. The molecule has 0 aliphatic carbocycles. The van der Waals surface area contributed by atoms with Crippen LogP contribution in [0.2, 0.25) is 0 Å². The van der Waals surface area contributed by atoms with Crippen LogP contribution in [0.3, 0.4) is 0 Å². The molecule has 0 amide bonds.